The van der Waals surface area contributed by atoms with E-state index in [9.17, 15) is 14.0 Å². The molecule has 3 rings (SSSR count). The number of carboxylic acids is 1. The lowest BCUT2D eigenvalue weighted by Gasteiger charge is -2.44. The number of hydrogen-bond acceptors (Lipinski definition) is 4. The van der Waals surface area contributed by atoms with Crippen LogP contribution in [-0.2, 0) is 11.3 Å². The molecule has 7 heteroatoms. The van der Waals surface area contributed by atoms with E-state index in [0.29, 0.717) is 25.4 Å². The van der Waals surface area contributed by atoms with E-state index in [1.807, 2.05) is 6.92 Å². The number of aromatic carboxylic acids is 1. The van der Waals surface area contributed by atoms with E-state index in [2.05, 4.69) is 11.8 Å². The summed E-state index contributed by atoms with van der Waals surface area (Å²) in [5.74, 6) is -1.07. The lowest BCUT2D eigenvalue weighted by Crippen LogP contribution is -2.58. The van der Waals surface area contributed by atoms with Crippen molar-refractivity contribution in [2.24, 2.45) is 0 Å². The van der Waals surface area contributed by atoms with E-state index in [-0.39, 0.29) is 36.0 Å². The average molecular weight is 400 g/mol. The second-order valence-electron chi connectivity index (χ2n) is 7.42. The summed E-state index contributed by atoms with van der Waals surface area (Å²) in [5, 5.41) is 9.04. The summed E-state index contributed by atoms with van der Waals surface area (Å²) >= 11 is 0. The Balaban J connectivity index is 1.56. The Morgan fingerprint density at radius 1 is 1.10 bits per heavy atom. The third-order valence-corrected chi connectivity index (χ3v) is 5.18. The van der Waals surface area contributed by atoms with Gasteiger partial charge >= 0.3 is 5.97 Å². The third kappa shape index (κ3) is 5.32. The first-order valence-corrected chi connectivity index (χ1v) is 9.57. The fraction of sp³-hybridized carbons (Fsp3) is 0.364. The first kappa shape index (κ1) is 20.8. The molecule has 1 amide bonds. The number of amides is 1. The van der Waals surface area contributed by atoms with Gasteiger partial charge in [-0.1, -0.05) is 18.2 Å². The molecule has 0 radical (unpaired) electrons. The highest BCUT2D eigenvalue weighted by Gasteiger charge is 2.32. The first-order chi connectivity index (χ1) is 13.8. The van der Waals surface area contributed by atoms with Gasteiger partial charge in [0, 0.05) is 31.7 Å². The van der Waals surface area contributed by atoms with Crippen molar-refractivity contribution >= 4 is 11.9 Å². The summed E-state index contributed by atoms with van der Waals surface area (Å²) in [6.45, 7) is 5.89. The Hall–Kier alpha value is -2.93. The molecule has 29 heavy (non-hydrogen) atoms. The van der Waals surface area contributed by atoms with Crippen molar-refractivity contribution in [2.45, 2.75) is 32.5 Å². The molecule has 2 aromatic carbocycles. The molecule has 0 aromatic heterocycles. The third-order valence-electron chi connectivity index (χ3n) is 5.18. The number of carboxylic acid groups (broad SMARTS) is 1. The zero-order valence-electron chi connectivity index (χ0n) is 16.5. The van der Waals surface area contributed by atoms with Crippen LogP contribution in [0.3, 0.4) is 0 Å². The Bertz CT molecular complexity index is 871. The van der Waals surface area contributed by atoms with Crippen LogP contribution in [0.25, 0.3) is 0 Å². The van der Waals surface area contributed by atoms with E-state index in [1.165, 1.54) is 24.3 Å². The molecule has 1 saturated heterocycles. The number of nitrogens with zero attached hydrogens (tertiary/aromatic N) is 2. The zero-order chi connectivity index (χ0) is 21.0. The Morgan fingerprint density at radius 3 is 2.52 bits per heavy atom. The second-order valence-corrected chi connectivity index (χ2v) is 7.42. The van der Waals surface area contributed by atoms with E-state index in [1.54, 1.807) is 29.2 Å². The van der Waals surface area contributed by atoms with Crippen molar-refractivity contribution in [3.63, 3.8) is 0 Å². The van der Waals surface area contributed by atoms with Gasteiger partial charge in [0.25, 0.3) is 5.91 Å². The highest BCUT2D eigenvalue weighted by molar-refractivity contribution is 5.88. The number of hydrogen-bond donors (Lipinski definition) is 1. The van der Waals surface area contributed by atoms with Crippen molar-refractivity contribution in [2.75, 3.05) is 19.7 Å². The maximum atomic E-state index is 13.1. The van der Waals surface area contributed by atoms with Gasteiger partial charge in [0.2, 0.25) is 0 Å². The molecule has 0 bridgehead atoms. The minimum Gasteiger partial charge on any atom is -0.484 e. The van der Waals surface area contributed by atoms with Crippen molar-refractivity contribution in [1.29, 1.82) is 0 Å². The average Bonchev–Trinajstić information content (AvgIpc) is 2.70. The number of piperazine rings is 1. The van der Waals surface area contributed by atoms with Crippen molar-refractivity contribution < 1.29 is 23.8 Å². The van der Waals surface area contributed by atoms with Gasteiger partial charge in [-0.05, 0) is 49.7 Å². The number of halogens is 1. The van der Waals surface area contributed by atoms with Crippen LogP contribution in [0.1, 0.15) is 29.8 Å². The normalized spacial score (nSPS) is 19.8. The molecule has 0 saturated carbocycles. The van der Waals surface area contributed by atoms with Gasteiger partial charge in [-0.15, -0.1) is 0 Å². The molecule has 1 heterocycles. The topological polar surface area (TPSA) is 70.1 Å². The fourth-order valence-corrected chi connectivity index (χ4v) is 3.54. The number of carbonyl (C=O) groups is 2. The lowest BCUT2D eigenvalue weighted by molar-refractivity contribution is -0.139. The lowest BCUT2D eigenvalue weighted by atomic mass is 10.1. The summed E-state index contributed by atoms with van der Waals surface area (Å²) in [6, 6.07) is 12.7. The predicted molar refractivity (Wildman–Crippen MR) is 106 cm³/mol. The van der Waals surface area contributed by atoms with Crippen LogP contribution in [0.4, 0.5) is 4.39 Å². The predicted octanol–water partition coefficient (Wildman–Crippen LogP) is 3.02. The number of rotatable bonds is 6. The molecular weight excluding hydrogens is 375 g/mol. The molecule has 6 nitrogen and oxygen atoms in total. The number of benzene rings is 2. The molecule has 0 spiro atoms. The summed E-state index contributed by atoms with van der Waals surface area (Å²) in [4.78, 5) is 27.8. The monoisotopic (exact) mass is 400 g/mol. The van der Waals surface area contributed by atoms with Crippen LogP contribution in [0.15, 0.2) is 48.5 Å². The molecule has 1 fully saturated rings. The van der Waals surface area contributed by atoms with Gasteiger partial charge in [-0.3, -0.25) is 9.69 Å². The maximum absolute atomic E-state index is 13.1. The minimum absolute atomic E-state index is 0.00750. The largest absolute Gasteiger partial charge is 0.484 e. The molecule has 2 atom stereocenters. The molecule has 154 valence electrons. The Labute approximate surface area is 169 Å². The highest BCUT2D eigenvalue weighted by Crippen LogP contribution is 2.19. The smallest absolute Gasteiger partial charge is 0.335 e. The van der Waals surface area contributed by atoms with Crippen LogP contribution >= 0.6 is 0 Å². The van der Waals surface area contributed by atoms with Crippen LogP contribution in [0.5, 0.6) is 5.75 Å². The number of ether oxygens (including phenoxy) is 1. The second kappa shape index (κ2) is 9.05. The van der Waals surface area contributed by atoms with E-state index in [4.69, 9.17) is 9.84 Å². The van der Waals surface area contributed by atoms with Gasteiger partial charge in [0.05, 0.1) is 5.56 Å². The number of carbonyl (C=O) groups excluding carboxylic acids is 1. The van der Waals surface area contributed by atoms with Crippen LogP contribution < -0.4 is 4.74 Å². The summed E-state index contributed by atoms with van der Waals surface area (Å²) in [6.07, 6.45) is 0. The van der Waals surface area contributed by atoms with Gasteiger partial charge in [0.1, 0.15) is 11.6 Å². The Kier molecular flexibility index (Phi) is 6.49. The Morgan fingerprint density at radius 2 is 1.83 bits per heavy atom. The van der Waals surface area contributed by atoms with E-state index >= 15 is 0 Å². The molecule has 1 aliphatic rings. The standard InChI is InChI=1S/C22H25FN2O4/c1-15-12-25(16(2)11-24(15)13-17-6-8-19(23)9-7-17)21(26)14-29-20-5-3-4-18(10-20)22(27)28/h3-10,15-16H,11-14H2,1-2H3,(H,27,28). The first-order valence-electron chi connectivity index (χ1n) is 9.57. The summed E-state index contributed by atoms with van der Waals surface area (Å²) < 4.78 is 18.6. The molecule has 0 aliphatic carbocycles. The van der Waals surface area contributed by atoms with Gasteiger partial charge < -0.3 is 14.7 Å². The molecule has 1 aliphatic heterocycles. The van der Waals surface area contributed by atoms with E-state index < -0.39 is 5.97 Å². The molecule has 2 aromatic rings. The molecule has 1 N–H and O–H groups in total. The quantitative estimate of drug-likeness (QED) is 0.807. The van der Waals surface area contributed by atoms with Gasteiger partial charge in [-0.2, -0.15) is 0 Å². The molecule has 2 unspecified atom stereocenters. The van der Waals surface area contributed by atoms with Crippen LogP contribution in [-0.4, -0.2) is 58.6 Å². The SMILES string of the molecule is CC1CN(C(=O)COc2cccc(C(=O)O)c2)C(C)CN1Cc1ccc(F)cc1. The maximum Gasteiger partial charge on any atom is 0.335 e. The fourth-order valence-electron chi connectivity index (χ4n) is 3.54. The van der Waals surface area contributed by atoms with Crippen molar-refractivity contribution in [1.82, 2.24) is 9.80 Å². The highest BCUT2D eigenvalue weighted by atomic mass is 19.1. The van der Waals surface area contributed by atoms with Crippen molar-refractivity contribution in [3.8, 4) is 5.75 Å². The van der Waals surface area contributed by atoms with Crippen LogP contribution in [0, 0.1) is 5.82 Å². The summed E-state index contributed by atoms with van der Waals surface area (Å²) in [5.41, 5.74) is 1.15. The summed E-state index contributed by atoms with van der Waals surface area (Å²) in [7, 11) is 0. The van der Waals surface area contributed by atoms with Gasteiger partial charge in [-0.25, -0.2) is 9.18 Å². The van der Waals surface area contributed by atoms with Crippen LogP contribution in [0.2, 0.25) is 0 Å². The van der Waals surface area contributed by atoms with E-state index in [0.717, 1.165) is 5.56 Å². The zero-order valence-corrected chi connectivity index (χ0v) is 16.5. The molecular formula is C22H25FN2O4. The van der Waals surface area contributed by atoms with Gasteiger partial charge in [0.15, 0.2) is 6.61 Å². The minimum atomic E-state index is -1.04. The van der Waals surface area contributed by atoms with Crippen molar-refractivity contribution in [3.05, 3.63) is 65.5 Å².